The molecule has 2 nitrogen and oxygen atoms in total. The van der Waals surface area contributed by atoms with Crippen molar-refractivity contribution in [3.63, 3.8) is 0 Å². The molecule has 2 aliphatic rings. The van der Waals surface area contributed by atoms with Gasteiger partial charge in [0.05, 0.1) is 0 Å². The van der Waals surface area contributed by atoms with Crippen LogP contribution in [0.3, 0.4) is 0 Å². The molecule has 0 N–H and O–H groups in total. The van der Waals surface area contributed by atoms with Gasteiger partial charge in [-0.15, -0.1) is 0 Å². The van der Waals surface area contributed by atoms with Gasteiger partial charge in [-0.2, -0.15) is 0 Å². The number of hydrogen-bond acceptors (Lipinski definition) is 2. The Balaban J connectivity index is 2.05. The number of rotatable bonds is 0. The second kappa shape index (κ2) is 1.72. The Morgan fingerprint density at radius 2 is 2.33 bits per heavy atom. The highest BCUT2D eigenvalue weighted by atomic mass is 79.9. The monoisotopic (exact) mass is 189 g/mol. The molecule has 0 atom stereocenters. The number of nitrogens with zero attached hydrogens (tertiary/aromatic N) is 1. The number of oxime groups is 1. The van der Waals surface area contributed by atoms with Crippen LogP contribution in [-0.4, -0.2) is 10.2 Å². The molecular weight excluding hydrogens is 182 g/mol. The third-order valence-electron chi connectivity index (χ3n) is 2.07. The van der Waals surface area contributed by atoms with Gasteiger partial charge in [0.15, 0.2) is 0 Å². The fourth-order valence-electron chi connectivity index (χ4n) is 1.32. The lowest BCUT2D eigenvalue weighted by molar-refractivity contribution is -0.0755. The summed E-state index contributed by atoms with van der Waals surface area (Å²) in [6, 6.07) is 0. The average Bonchev–Trinajstić information content (AvgIpc) is 2.09. The van der Waals surface area contributed by atoms with E-state index >= 15 is 0 Å². The molecule has 1 aliphatic heterocycles. The smallest absolute Gasteiger partial charge is 0.144 e. The third kappa shape index (κ3) is 0.784. The first kappa shape index (κ1) is 5.71. The second-order valence-corrected chi connectivity index (χ2v) is 3.69. The van der Waals surface area contributed by atoms with Crippen LogP contribution in [0.2, 0.25) is 0 Å². The first-order chi connectivity index (χ1) is 4.31. The van der Waals surface area contributed by atoms with Crippen molar-refractivity contribution in [2.75, 3.05) is 0 Å². The summed E-state index contributed by atoms with van der Waals surface area (Å²) in [6.07, 6.45) is 4.67. The van der Waals surface area contributed by atoms with E-state index in [0.717, 1.165) is 11.0 Å². The van der Waals surface area contributed by atoms with E-state index < -0.39 is 0 Å². The molecule has 3 heteroatoms. The molecule has 0 unspecified atom stereocenters. The van der Waals surface area contributed by atoms with Crippen molar-refractivity contribution in [1.82, 2.24) is 0 Å². The highest BCUT2D eigenvalue weighted by molar-refractivity contribution is 9.18. The summed E-state index contributed by atoms with van der Waals surface area (Å²) in [7, 11) is 0. The summed E-state index contributed by atoms with van der Waals surface area (Å²) in [5, 5.41) is 3.84. The lowest BCUT2D eigenvalue weighted by Gasteiger charge is -2.34. The van der Waals surface area contributed by atoms with E-state index in [2.05, 4.69) is 21.1 Å². The zero-order chi connectivity index (χ0) is 6.32. The maximum absolute atomic E-state index is 5.23. The molecule has 0 aromatic rings. The zero-order valence-electron chi connectivity index (χ0n) is 5.06. The lowest BCUT2D eigenvalue weighted by atomic mass is 9.78. The summed E-state index contributed by atoms with van der Waals surface area (Å²) < 4.78 is 0.974. The molecule has 50 valence electrons. The molecule has 2 rings (SSSR count). The van der Waals surface area contributed by atoms with Gasteiger partial charge in [0.25, 0.3) is 0 Å². The van der Waals surface area contributed by atoms with Crippen molar-refractivity contribution >= 4 is 20.6 Å². The normalized spacial score (nSPS) is 29.2. The van der Waals surface area contributed by atoms with E-state index in [1.165, 1.54) is 19.3 Å². The summed E-state index contributed by atoms with van der Waals surface area (Å²) in [5.74, 6) is 0. The number of halogens is 1. The highest BCUT2D eigenvalue weighted by Crippen LogP contribution is 2.42. The molecule has 1 heterocycles. The van der Waals surface area contributed by atoms with Crippen LogP contribution in [0.5, 0.6) is 0 Å². The Bertz CT molecular complexity index is 162. The molecule has 1 fully saturated rings. The minimum absolute atomic E-state index is 0.138. The minimum atomic E-state index is 0.138. The Hall–Kier alpha value is -0.0500. The fourth-order valence-corrected chi connectivity index (χ4v) is 1.90. The Morgan fingerprint density at radius 1 is 1.56 bits per heavy atom. The van der Waals surface area contributed by atoms with Crippen LogP contribution in [-0.2, 0) is 4.84 Å². The van der Waals surface area contributed by atoms with E-state index in [0.29, 0.717) is 0 Å². The van der Waals surface area contributed by atoms with Crippen molar-refractivity contribution in [1.29, 1.82) is 0 Å². The van der Waals surface area contributed by atoms with Crippen LogP contribution in [0, 0.1) is 0 Å². The average molecular weight is 190 g/mol. The molecule has 0 saturated heterocycles. The van der Waals surface area contributed by atoms with E-state index in [4.69, 9.17) is 4.84 Å². The van der Waals surface area contributed by atoms with Gasteiger partial charge in [0.1, 0.15) is 10.2 Å². The van der Waals surface area contributed by atoms with Crippen LogP contribution in [0.25, 0.3) is 0 Å². The maximum Gasteiger partial charge on any atom is 0.144 e. The first-order valence-corrected chi connectivity index (χ1v) is 4.01. The summed E-state index contributed by atoms with van der Waals surface area (Å²) in [4.78, 5) is 5.23. The maximum atomic E-state index is 5.23. The van der Waals surface area contributed by atoms with Gasteiger partial charge in [0.2, 0.25) is 0 Å². The van der Waals surface area contributed by atoms with Crippen molar-refractivity contribution in [3.8, 4) is 0 Å². The fraction of sp³-hybridized carbons (Fsp3) is 0.833. The molecule has 9 heavy (non-hydrogen) atoms. The van der Waals surface area contributed by atoms with Crippen molar-refractivity contribution < 1.29 is 4.84 Å². The summed E-state index contributed by atoms with van der Waals surface area (Å²) in [5.41, 5.74) is 0.138. The molecule has 1 spiro atoms. The predicted octanol–water partition coefficient (Wildman–Crippen LogP) is 2.04. The van der Waals surface area contributed by atoms with Gasteiger partial charge < -0.3 is 4.84 Å². The molecule has 0 radical (unpaired) electrons. The van der Waals surface area contributed by atoms with Crippen molar-refractivity contribution in [2.45, 2.75) is 31.3 Å². The van der Waals surface area contributed by atoms with Gasteiger partial charge >= 0.3 is 0 Å². The molecule has 0 aromatic heterocycles. The van der Waals surface area contributed by atoms with Gasteiger partial charge in [-0.1, -0.05) is 5.16 Å². The van der Waals surface area contributed by atoms with Crippen LogP contribution in [0.4, 0.5) is 0 Å². The van der Waals surface area contributed by atoms with Gasteiger partial charge in [-0.25, -0.2) is 0 Å². The van der Waals surface area contributed by atoms with E-state index in [-0.39, 0.29) is 5.60 Å². The quantitative estimate of drug-likeness (QED) is 0.572. The zero-order valence-corrected chi connectivity index (χ0v) is 6.65. The highest BCUT2D eigenvalue weighted by Gasteiger charge is 2.43. The molecule has 0 amide bonds. The van der Waals surface area contributed by atoms with Crippen molar-refractivity contribution in [2.24, 2.45) is 5.16 Å². The lowest BCUT2D eigenvalue weighted by Crippen LogP contribution is -2.36. The molecule has 0 bridgehead atoms. The van der Waals surface area contributed by atoms with Crippen LogP contribution < -0.4 is 0 Å². The second-order valence-electron chi connectivity index (χ2n) is 2.77. The van der Waals surface area contributed by atoms with E-state index in [1.807, 2.05) is 0 Å². The molecule has 0 aromatic carbocycles. The summed E-state index contributed by atoms with van der Waals surface area (Å²) in [6.45, 7) is 0. The van der Waals surface area contributed by atoms with Crippen LogP contribution in [0.1, 0.15) is 25.7 Å². The summed E-state index contributed by atoms with van der Waals surface area (Å²) >= 11 is 3.31. The van der Waals surface area contributed by atoms with Crippen LogP contribution >= 0.6 is 15.9 Å². The molecule has 1 aliphatic carbocycles. The van der Waals surface area contributed by atoms with Gasteiger partial charge in [-0.05, 0) is 35.2 Å². The van der Waals surface area contributed by atoms with E-state index in [9.17, 15) is 0 Å². The molecular formula is C6H8BrNO. The van der Waals surface area contributed by atoms with Crippen molar-refractivity contribution in [3.05, 3.63) is 0 Å². The third-order valence-corrected chi connectivity index (χ3v) is 2.50. The minimum Gasteiger partial charge on any atom is -0.388 e. The predicted molar refractivity (Wildman–Crippen MR) is 38.6 cm³/mol. The Kier molecular flexibility index (Phi) is 1.09. The Morgan fingerprint density at radius 3 is 2.56 bits per heavy atom. The standard InChI is InChI=1S/C6H8BrNO/c7-5-4-6(9-8-5)2-1-3-6/h1-4H2. The van der Waals surface area contributed by atoms with Gasteiger partial charge in [0, 0.05) is 6.42 Å². The topological polar surface area (TPSA) is 21.6 Å². The SMILES string of the molecule is BrC1=NOC2(CCC2)C1. The molecule has 1 saturated carbocycles. The number of hydrogen-bond donors (Lipinski definition) is 0. The van der Waals surface area contributed by atoms with E-state index in [1.54, 1.807) is 0 Å². The van der Waals surface area contributed by atoms with Gasteiger partial charge in [-0.3, -0.25) is 0 Å². The first-order valence-electron chi connectivity index (χ1n) is 3.21. The largest absolute Gasteiger partial charge is 0.388 e. The Labute approximate surface area is 62.4 Å². The van der Waals surface area contributed by atoms with Crippen LogP contribution in [0.15, 0.2) is 5.16 Å².